The maximum Gasteiger partial charge on any atom is 0.0471 e. The molecule has 0 atom stereocenters. The maximum atomic E-state index is 5.41. The highest BCUT2D eigenvalue weighted by molar-refractivity contribution is 4.59. The highest BCUT2D eigenvalue weighted by Crippen LogP contribution is 2.17. The summed E-state index contributed by atoms with van der Waals surface area (Å²) >= 11 is 0. The molecule has 0 saturated heterocycles. The average molecular weight is 157 g/mol. The third-order valence-electron chi connectivity index (χ3n) is 1.54. The second-order valence-electron chi connectivity index (χ2n) is 4.13. The van der Waals surface area contributed by atoms with E-state index in [2.05, 4.69) is 27.7 Å². The average Bonchev–Trinajstić information content (AvgIpc) is 1.85. The zero-order chi connectivity index (χ0) is 8.74. The van der Waals surface area contributed by atoms with Crippen LogP contribution in [0.25, 0.3) is 0 Å². The molecule has 0 rings (SSSR count). The van der Waals surface area contributed by atoms with Crippen LogP contribution in [0.5, 0.6) is 0 Å². The minimum Gasteiger partial charge on any atom is -0.381 e. The molecule has 1 radical (unpaired) electrons. The number of rotatable bonds is 5. The SMILES string of the molecule is [CH2]CCCOCCC(C)(C)C. The van der Waals surface area contributed by atoms with Crippen molar-refractivity contribution in [2.45, 2.75) is 40.0 Å². The quantitative estimate of drug-likeness (QED) is 0.557. The molecule has 0 amide bonds. The van der Waals surface area contributed by atoms with Crippen molar-refractivity contribution >= 4 is 0 Å². The van der Waals surface area contributed by atoms with Gasteiger partial charge in [0.2, 0.25) is 0 Å². The molecular weight excluding hydrogens is 136 g/mol. The van der Waals surface area contributed by atoms with E-state index < -0.39 is 0 Å². The third-order valence-corrected chi connectivity index (χ3v) is 1.54. The van der Waals surface area contributed by atoms with Gasteiger partial charge in [0.05, 0.1) is 0 Å². The van der Waals surface area contributed by atoms with Crippen molar-refractivity contribution in [3.05, 3.63) is 6.92 Å². The Morgan fingerprint density at radius 3 is 2.27 bits per heavy atom. The molecule has 0 aliphatic carbocycles. The van der Waals surface area contributed by atoms with Gasteiger partial charge in [0.1, 0.15) is 0 Å². The summed E-state index contributed by atoms with van der Waals surface area (Å²) in [6.07, 6.45) is 3.21. The normalized spacial score (nSPS) is 12.0. The van der Waals surface area contributed by atoms with Crippen LogP contribution >= 0.6 is 0 Å². The lowest BCUT2D eigenvalue weighted by atomic mass is 9.93. The van der Waals surface area contributed by atoms with Gasteiger partial charge < -0.3 is 4.74 Å². The van der Waals surface area contributed by atoms with Crippen LogP contribution in [-0.4, -0.2) is 13.2 Å². The molecule has 0 heterocycles. The highest BCUT2D eigenvalue weighted by Gasteiger charge is 2.08. The van der Waals surface area contributed by atoms with Crippen molar-refractivity contribution < 1.29 is 4.74 Å². The van der Waals surface area contributed by atoms with Crippen LogP contribution in [0.3, 0.4) is 0 Å². The lowest BCUT2D eigenvalue weighted by Gasteiger charge is -2.17. The molecule has 0 N–H and O–H groups in total. The topological polar surface area (TPSA) is 9.23 Å². The van der Waals surface area contributed by atoms with E-state index in [9.17, 15) is 0 Å². The molecule has 0 saturated carbocycles. The van der Waals surface area contributed by atoms with Gasteiger partial charge in [-0.3, -0.25) is 0 Å². The molecule has 1 heteroatoms. The van der Waals surface area contributed by atoms with Gasteiger partial charge >= 0.3 is 0 Å². The molecule has 0 bridgehead atoms. The second-order valence-corrected chi connectivity index (χ2v) is 4.13. The van der Waals surface area contributed by atoms with Crippen molar-refractivity contribution in [2.24, 2.45) is 5.41 Å². The Hall–Kier alpha value is -0.0400. The first-order valence-corrected chi connectivity index (χ1v) is 4.43. The highest BCUT2D eigenvalue weighted by atomic mass is 16.5. The number of hydrogen-bond donors (Lipinski definition) is 0. The molecule has 67 valence electrons. The van der Waals surface area contributed by atoms with E-state index in [4.69, 9.17) is 4.74 Å². The third kappa shape index (κ3) is 9.96. The van der Waals surface area contributed by atoms with Crippen LogP contribution in [0.15, 0.2) is 0 Å². The first kappa shape index (κ1) is 11.0. The molecule has 0 aliphatic rings. The van der Waals surface area contributed by atoms with Crippen LogP contribution in [0.2, 0.25) is 0 Å². The summed E-state index contributed by atoms with van der Waals surface area (Å²) in [6, 6.07) is 0. The van der Waals surface area contributed by atoms with Gasteiger partial charge in [-0.2, -0.15) is 0 Å². The Labute approximate surface area is 71.1 Å². The van der Waals surface area contributed by atoms with Gasteiger partial charge in [-0.15, -0.1) is 0 Å². The Bertz CT molecular complexity index is 81.4. The lowest BCUT2D eigenvalue weighted by molar-refractivity contribution is 0.107. The van der Waals surface area contributed by atoms with Crippen molar-refractivity contribution in [2.75, 3.05) is 13.2 Å². The van der Waals surface area contributed by atoms with Gasteiger partial charge in [-0.25, -0.2) is 0 Å². The van der Waals surface area contributed by atoms with Crippen LogP contribution < -0.4 is 0 Å². The first-order chi connectivity index (χ1) is 5.06. The van der Waals surface area contributed by atoms with Gasteiger partial charge in [0.25, 0.3) is 0 Å². The molecular formula is C10H21O. The van der Waals surface area contributed by atoms with Gasteiger partial charge in [0.15, 0.2) is 0 Å². The van der Waals surface area contributed by atoms with Gasteiger partial charge in [-0.1, -0.05) is 34.1 Å². The summed E-state index contributed by atoms with van der Waals surface area (Å²) in [4.78, 5) is 0. The predicted molar refractivity (Wildman–Crippen MR) is 49.5 cm³/mol. The fourth-order valence-electron chi connectivity index (χ4n) is 0.685. The van der Waals surface area contributed by atoms with E-state index in [1.165, 1.54) is 0 Å². The zero-order valence-corrected chi connectivity index (χ0v) is 8.15. The van der Waals surface area contributed by atoms with Crippen molar-refractivity contribution in [1.82, 2.24) is 0 Å². The molecule has 0 spiro atoms. The van der Waals surface area contributed by atoms with E-state index in [1.807, 2.05) is 0 Å². The standard InChI is InChI=1S/C10H21O/c1-5-6-8-11-9-7-10(2,3)4/h1,5-9H2,2-4H3. The van der Waals surface area contributed by atoms with Gasteiger partial charge in [0, 0.05) is 13.2 Å². The van der Waals surface area contributed by atoms with Crippen LogP contribution in [0.4, 0.5) is 0 Å². The monoisotopic (exact) mass is 157 g/mol. The fourth-order valence-corrected chi connectivity index (χ4v) is 0.685. The number of hydrogen-bond acceptors (Lipinski definition) is 1. The summed E-state index contributed by atoms with van der Waals surface area (Å²) < 4.78 is 5.41. The first-order valence-electron chi connectivity index (χ1n) is 4.43. The van der Waals surface area contributed by atoms with Crippen LogP contribution in [-0.2, 0) is 4.74 Å². The maximum absolute atomic E-state index is 5.41. The predicted octanol–water partition coefficient (Wildman–Crippen LogP) is 3.05. The molecule has 1 nitrogen and oxygen atoms in total. The summed E-state index contributed by atoms with van der Waals surface area (Å²) in [7, 11) is 0. The smallest absolute Gasteiger partial charge is 0.0471 e. The second kappa shape index (κ2) is 5.59. The number of unbranched alkanes of at least 4 members (excludes halogenated alkanes) is 1. The zero-order valence-electron chi connectivity index (χ0n) is 8.15. The molecule has 0 aromatic carbocycles. The van der Waals surface area contributed by atoms with Crippen LogP contribution in [0.1, 0.15) is 40.0 Å². The Kier molecular flexibility index (Phi) is 5.57. The fraction of sp³-hybridized carbons (Fsp3) is 0.900. The van der Waals surface area contributed by atoms with Crippen molar-refractivity contribution in [3.8, 4) is 0 Å². The van der Waals surface area contributed by atoms with E-state index in [1.54, 1.807) is 0 Å². The summed E-state index contributed by atoms with van der Waals surface area (Å²) in [5.41, 5.74) is 0.407. The van der Waals surface area contributed by atoms with Gasteiger partial charge in [-0.05, 0) is 18.3 Å². The molecule has 11 heavy (non-hydrogen) atoms. The minimum atomic E-state index is 0.407. The molecule has 0 aromatic heterocycles. The van der Waals surface area contributed by atoms with E-state index in [-0.39, 0.29) is 0 Å². The summed E-state index contributed by atoms with van der Waals surface area (Å²) in [6.45, 7) is 12.2. The molecule has 0 aromatic rings. The lowest BCUT2D eigenvalue weighted by Crippen LogP contribution is -2.09. The summed E-state index contributed by atoms with van der Waals surface area (Å²) in [5.74, 6) is 0. The molecule has 0 unspecified atom stereocenters. The Balaban J connectivity index is 3.02. The molecule has 0 aliphatic heterocycles. The van der Waals surface area contributed by atoms with Crippen molar-refractivity contribution in [3.63, 3.8) is 0 Å². The molecule has 0 fully saturated rings. The van der Waals surface area contributed by atoms with E-state index >= 15 is 0 Å². The largest absolute Gasteiger partial charge is 0.381 e. The van der Waals surface area contributed by atoms with E-state index in [0.717, 1.165) is 32.5 Å². The van der Waals surface area contributed by atoms with Crippen molar-refractivity contribution in [1.29, 1.82) is 0 Å². The van der Waals surface area contributed by atoms with Crippen LogP contribution in [0, 0.1) is 12.3 Å². The number of ether oxygens (including phenoxy) is 1. The Morgan fingerprint density at radius 2 is 1.82 bits per heavy atom. The van der Waals surface area contributed by atoms with E-state index in [0.29, 0.717) is 5.41 Å². The minimum absolute atomic E-state index is 0.407. The Morgan fingerprint density at radius 1 is 1.18 bits per heavy atom. The summed E-state index contributed by atoms with van der Waals surface area (Å²) in [5, 5.41) is 0.